The summed E-state index contributed by atoms with van der Waals surface area (Å²) in [6.07, 6.45) is 1.28. The molecule has 0 spiro atoms. The van der Waals surface area contributed by atoms with Crippen LogP contribution >= 0.6 is 11.6 Å². The molecule has 2 atom stereocenters. The van der Waals surface area contributed by atoms with E-state index in [2.05, 4.69) is 10.3 Å². The lowest BCUT2D eigenvalue weighted by molar-refractivity contribution is -0.203. The Hall–Kier alpha value is -3.65. The van der Waals surface area contributed by atoms with Crippen LogP contribution in [0.5, 0.6) is 0 Å². The van der Waals surface area contributed by atoms with Crippen LogP contribution in [0.2, 0.25) is 5.02 Å². The van der Waals surface area contributed by atoms with E-state index in [1.54, 1.807) is 7.05 Å². The van der Waals surface area contributed by atoms with Crippen molar-refractivity contribution >= 4 is 41.0 Å². The number of aromatic nitrogens is 2. The number of carbonyl (C=O) groups is 4. The van der Waals surface area contributed by atoms with Crippen LogP contribution in [0.4, 0.5) is 18.9 Å². The zero-order chi connectivity index (χ0) is 32.4. The number of hydrogen-bond acceptors (Lipinski definition) is 8. The summed E-state index contributed by atoms with van der Waals surface area (Å²) in [5, 5.41) is 13.7. The summed E-state index contributed by atoms with van der Waals surface area (Å²) in [7, 11) is 1.63. The fraction of sp³-hybridized carbons (Fsp3) is 0.552. The molecule has 1 heterocycles. The van der Waals surface area contributed by atoms with Gasteiger partial charge in [-0.3, -0.25) is 19.2 Å². The third kappa shape index (κ3) is 6.70. The minimum absolute atomic E-state index is 0.0641. The summed E-state index contributed by atoms with van der Waals surface area (Å²) >= 11 is 5.82. The maximum atomic E-state index is 15.7. The van der Waals surface area contributed by atoms with Crippen LogP contribution in [-0.4, -0.2) is 81.1 Å². The second-order valence-corrected chi connectivity index (χ2v) is 11.6. The van der Waals surface area contributed by atoms with Gasteiger partial charge in [0.1, 0.15) is 30.2 Å². The van der Waals surface area contributed by atoms with E-state index in [-0.39, 0.29) is 35.5 Å². The number of aliphatic hydroxyl groups is 1. The number of halogens is 4. The molecule has 2 N–H and O–H groups in total. The second kappa shape index (κ2) is 13.1. The topological polar surface area (TPSA) is 140 Å². The molecule has 2 aromatic rings. The summed E-state index contributed by atoms with van der Waals surface area (Å²) in [6.45, 7) is 1.04. The van der Waals surface area contributed by atoms with Gasteiger partial charge in [-0.05, 0) is 69.6 Å². The van der Waals surface area contributed by atoms with Gasteiger partial charge in [0.05, 0.1) is 30.3 Å². The number of amides is 2. The molecular weight excluding hydrogens is 609 g/mol. The number of nitrogens with one attached hydrogen (secondary N) is 1. The number of esters is 2. The van der Waals surface area contributed by atoms with Crippen LogP contribution in [0, 0.1) is 17.7 Å². The zero-order valence-corrected chi connectivity index (χ0v) is 25.2. The fourth-order valence-corrected chi connectivity index (χ4v) is 6.43. The first kappa shape index (κ1) is 33.2. The molecule has 2 unspecified atom stereocenters. The average Bonchev–Trinajstić information content (AvgIpc) is 3.61. The molecule has 2 saturated carbocycles. The van der Waals surface area contributed by atoms with E-state index < -0.39 is 78.9 Å². The number of rotatable bonds is 11. The van der Waals surface area contributed by atoms with Crippen LogP contribution in [0.15, 0.2) is 24.5 Å². The summed E-state index contributed by atoms with van der Waals surface area (Å²) < 4.78 is 56.1. The molecule has 15 heteroatoms. The molecule has 2 aliphatic carbocycles. The third-order valence-corrected chi connectivity index (χ3v) is 8.47. The Bertz CT molecular complexity index is 1400. The van der Waals surface area contributed by atoms with E-state index in [4.69, 9.17) is 21.1 Å². The number of imidazole rings is 1. The lowest BCUT2D eigenvalue weighted by Crippen LogP contribution is -2.59. The van der Waals surface area contributed by atoms with Crippen LogP contribution in [0.1, 0.15) is 61.6 Å². The molecule has 0 aliphatic heterocycles. The molecule has 44 heavy (non-hydrogen) atoms. The van der Waals surface area contributed by atoms with Gasteiger partial charge in [0.2, 0.25) is 0 Å². The zero-order valence-electron chi connectivity index (χ0n) is 24.4. The second-order valence-electron chi connectivity index (χ2n) is 11.1. The third-order valence-electron chi connectivity index (χ3n) is 8.18. The van der Waals surface area contributed by atoms with Gasteiger partial charge in [-0.1, -0.05) is 11.6 Å². The quantitative estimate of drug-likeness (QED) is 0.354. The van der Waals surface area contributed by atoms with E-state index in [9.17, 15) is 28.7 Å². The average molecular weight is 643 g/mol. The maximum Gasteiger partial charge on any atom is 0.352 e. The first-order valence-electron chi connectivity index (χ1n) is 14.2. The number of hydrogen-bond donors (Lipinski definition) is 2. The Balaban J connectivity index is 1.47. The molecule has 1 aromatic carbocycles. The number of ether oxygens (including phenoxy) is 2. The van der Waals surface area contributed by atoms with Gasteiger partial charge >= 0.3 is 17.9 Å². The highest BCUT2D eigenvalue weighted by Gasteiger charge is 2.65. The van der Waals surface area contributed by atoms with Crippen LogP contribution < -0.4 is 5.32 Å². The Labute approximate surface area is 256 Å². The van der Waals surface area contributed by atoms with Crippen molar-refractivity contribution in [3.05, 3.63) is 46.8 Å². The van der Waals surface area contributed by atoms with Crippen LogP contribution in [0.25, 0.3) is 0 Å². The van der Waals surface area contributed by atoms with Crippen molar-refractivity contribution < 1.29 is 46.9 Å². The van der Waals surface area contributed by atoms with Gasteiger partial charge in [-0.25, -0.2) is 9.37 Å². The smallest absolute Gasteiger partial charge is 0.352 e. The first-order valence-corrected chi connectivity index (χ1v) is 14.6. The Morgan fingerprint density at radius 1 is 1.11 bits per heavy atom. The van der Waals surface area contributed by atoms with Crippen LogP contribution in [-0.2, 0) is 30.9 Å². The molecule has 11 nitrogen and oxygen atoms in total. The SMILES string of the molecule is CCOC(=O)CN(CC(=O)OCC)C(=O)C(F)(F)C1(O)CC2CC(c3ncn(C)c3C(=O)Nc3ccc(F)c(Cl)c3)CC2C1. The van der Waals surface area contributed by atoms with Gasteiger partial charge in [0, 0.05) is 18.7 Å². The number of alkyl halides is 2. The number of aryl methyl sites for hydroxylation is 1. The number of benzene rings is 1. The predicted octanol–water partition coefficient (Wildman–Crippen LogP) is 3.69. The lowest BCUT2D eigenvalue weighted by Gasteiger charge is -2.35. The number of nitrogens with zero attached hydrogens (tertiary/aromatic N) is 3. The van der Waals surface area contributed by atoms with E-state index in [0.29, 0.717) is 23.4 Å². The molecule has 0 bridgehead atoms. The summed E-state index contributed by atoms with van der Waals surface area (Å²) in [5.74, 6) is -10.4. The van der Waals surface area contributed by atoms with Gasteiger partial charge in [-0.15, -0.1) is 0 Å². The highest BCUT2D eigenvalue weighted by molar-refractivity contribution is 6.31. The summed E-state index contributed by atoms with van der Waals surface area (Å²) in [4.78, 5) is 55.0. The molecular formula is C29H34ClF3N4O7. The van der Waals surface area contributed by atoms with Gasteiger partial charge < -0.3 is 29.4 Å². The molecule has 4 rings (SSSR count). The van der Waals surface area contributed by atoms with Crippen molar-refractivity contribution in [2.45, 2.75) is 57.0 Å². The van der Waals surface area contributed by atoms with E-state index in [1.165, 1.54) is 36.9 Å². The minimum atomic E-state index is -4.32. The van der Waals surface area contributed by atoms with Gasteiger partial charge in [0.15, 0.2) is 0 Å². The monoisotopic (exact) mass is 642 g/mol. The highest BCUT2D eigenvalue weighted by Crippen LogP contribution is 2.57. The molecule has 0 radical (unpaired) electrons. The summed E-state index contributed by atoms with van der Waals surface area (Å²) in [6, 6.07) is 3.75. The van der Waals surface area contributed by atoms with E-state index in [1.807, 2.05) is 0 Å². The Kier molecular flexibility index (Phi) is 9.93. The standard InChI is InChI=1S/C29H34ClF3N4O7/c1-4-43-22(38)13-37(14-23(39)44-5-2)27(41)29(32,33)28(42)11-17-8-16(9-18(17)12-28)24-25(36(3)15-34-24)26(40)35-19-6-7-21(31)20(30)10-19/h6-7,10,15-18,42H,4-5,8-9,11-14H2,1-3H3,(H,35,40). The van der Waals surface area contributed by atoms with Crippen molar-refractivity contribution in [3.8, 4) is 0 Å². The Morgan fingerprint density at radius 3 is 2.20 bits per heavy atom. The highest BCUT2D eigenvalue weighted by atomic mass is 35.5. The minimum Gasteiger partial charge on any atom is -0.465 e. The maximum absolute atomic E-state index is 15.7. The molecule has 2 fully saturated rings. The molecule has 1 aromatic heterocycles. The molecule has 2 aliphatic rings. The van der Waals surface area contributed by atoms with Crippen molar-refractivity contribution in [3.63, 3.8) is 0 Å². The fourth-order valence-electron chi connectivity index (χ4n) is 6.25. The van der Waals surface area contributed by atoms with Crippen molar-refractivity contribution in [1.29, 1.82) is 0 Å². The first-order chi connectivity index (χ1) is 20.7. The number of fused-ring (bicyclic) bond motifs is 1. The van der Waals surface area contributed by atoms with Gasteiger partial charge in [-0.2, -0.15) is 8.78 Å². The molecule has 0 saturated heterocycles. The number of carbonyl (C=O) groups excluding carboxylic acids is 4. The van der Waals surface area contributed by atoms with Crippen LogP contribution in [0.3, 0.4) is 0 Å². The largest absolute Gasteiger partial charge is 0.465 e. The van der Waals surface area contributed by atoms with Gasteiger partial charge in [0.25, 0.3) is 11.8 Å². The normalized spacial score (nSPS) is 22.8. The van der Waals surface area contributed by atoms with Crippen molar-refractivity contribution in [2.24, 2.45) is 18.9 Å². The summed E-state index contributed by atoms with van der Waals surface area (Å²) in [5.41, 5.74) is -1.76. The molecule has 240 valence electrons. The number of anilines is 1. The van der Waals surface area contributed by atoms with Crippen molar-refractivity contribution in [1.82, 2.24) is 14.5 Å². The van der Waals surface area contributed by atoms with Crippen molar-refractivity contribution in [2.75, 3.05) is 31.6 Å². The molecule has 2 amide bonds. The van der Waals surface area contributed by atoms with E-state index in [0.717, 1.165) is 6.07 Å². The predicted molar refractivity (Wildman–Crippen MR) is 151 cm³/mol. The lowest BCUT2D eigenvalue weighted by atomic mass is 9.87. The Morgan fingerprint density at radius 2 is 1.68 bits per heavy atom. The van der Waals surface area contributed by atoms with E-state index >= 15 is 8.78 Å².